The number of para-hydroxylation sites is 1. The van der Waals surface area contributed by atoms with Gasteiger partial charge in [0.15, 0.2) is 17.5 Å². The summed E-state index contributed by atoms with van der Waals surface area (Å²) in [5.41, 5.74) is 18.8. The van der Waals surface area contributed by atoms with Gasteiger partial charge in [0.05, 0.1) is 22.1 Å². The summed E-state index contributed by atoms with van der Waals surface area (Å²) in [7, 11) is 13.6. The maximum absolute atomic E-state index is 6.87. The van der Waals surface area contributed by atoms with Crippen molar-refractivity contribution in [1.82, 2.24) is 24.1 Å². The number of hydrogen-bond donors (Lipinski definition) is 0. The van der Waals surface area contributed by atoms with Crippen molar-refractivity contribution in [1.29, 1.82) is 0 Å². The summed E-state index contributed by atoms with van der Waals surface area (Å²) >= 11 is 0. The second-order valence-corrected chi connectivity index (χ2v) is 17.1. The monoisotopic (exact) mass is 801 g/mol. The average molecular weight is 801 g/mol. The van der Waals surface area contributed by atoms with Crippen LogP contribution in [0.1, 0.15) is 0 Å². The highest BCUT2D eigenvalue weighted by molar-refractivity contribution is 6.61. The highest BCUT2D eigenvalue weighted by Crippen LogP contribution is 2.44. The van der Waals surface area contributed by atoms with E-state index in [9.17, 15) is 0 Å². The van der Waals surface area contributed by atoms with Crippen molar-refractivity contribution in [2.45, 2.75) is 0 Å². The first-order valence-corrected chi connectivity index (χ1v) is 21.6. The van der Waals surface area contributed by atoms with Crippen molar-refractivity contribution in [3.63, 3.8) is 0 Å². The van der Waals surface area contributed by atoms with Crippen LogP contribution in [-0.4, -0.2) is 71.2 Å². The highest BCUT2D eigenvalue weighted by Gasteiger charge is 2.28. The molecule has 290 valence electrons. The third kappa shape index (κ3) is 5.57. The molecule has 0 amide bonds. The fourth-order valence-electron chi connectivity index (χ4n) is 10.4. The minimum Gasteiger partial charge on any atom is -0.456 e. The van der Waals surface area contributed by atoms with Gasteiger partial charge in [0.2, 0.25) is 0 Å². The van der Waals surface area contributed by atoms with E-state index in [0.717, 1.165) is 50.0 Å². The summed E-state index contributed by atoms with van der Waals surface area (Å²) in [6, 6.07) is 53.3. The quantitative estimate of drug-likeness (QED) is 0.252. The van der Waals surface area contributed by atoms with Gasteiger partial charge in [-0.2, -0.15) is 0 Å². The average Bonchev–Trinajstić information content (AvgIpc) is 3.97. The van der Waals surface area contributed by atoms with Crippen LogP contribution in [0.4, 0.5) is 0 Å². The minimum absolute atomic E-state index is 0.587. The Morgan fingerprint density at radius 3 is 1.44 bits per heavy atom. The molecule has 0 aliphatic rings. The normalized spacial score (nSPS) is 11.9. The first-order valence-electron chi connectivity index (χ1n) is 21.6. The van der Waals surface area contributed by atoms with Crippen molar-refractivity contribution in [2.75, 3.05) is 0 Å². The van der Waals surface area contributed by atoms with E-state index in [4.69, 9.17) is 19.4 Å². The molecule has 0 N–H and O–H groups in total. The van der Waals surface area contributed by atoms with E-state index >= 15 is 0 Å². The van der Waals surface area contributed by atoms with E-state index in [1.807, 2.05) is 66.7 Å². The molecule has 0 saturated heterocycles. The van der Waals surface area contributed by atoms with Crippen LogP contribution in [0.3, 0.4) is 0 Å². The maximum atomic E-state index is 6.87. The largest absolute Gasteiger partial charge is 0.456 e. The van der Waals surface area contributed by atoms with E-state index in [-0.39, 0.29) is 0 Å². The minimum atomic E-state index is 0.587. The molecule has 4 heterocycles. The van der Waals surface area contributed by atoms with Crippen LogP contribution in [0.15, 0.2) is 156 Å². The third-order valence-electron chi connectivity index (χ3n) is 13.0. The number of benzene rings is 8. The van der Waals surface area contributed by atoms with Gasteiger partial charge in [-0.3, -0.25) is 0 Å². The molecule has 6 nitrogen and oxygen atoms in total. The molecule has 4 aromatic heterocycles. The van der Waals surface area contributed by atoms with E-state index in [2.05, 4.69) is 141 Å². The van der Waals surface area contributed by atoms with E-state index in [1.54, 1.807) is 0 Å². The lowest BCUT2D eigenvalue weighted by Gasteiger charge is -2.16. The molecule has 0 aliphatic carbocycles. The van der Waals surface area contributed by atoms with Crippen molar-refractivity contribution in [3.05, 3.63) is 152 Å². The van der Waals surface area contributed by atoms with Crippen molar-refractivity contribution >= 4 is 145 Å². The lowest BCUT2D eigenvalue weighted by Crippen LogP contribution is -2.27. The predicted octanol–water partition coefficient (Wildman–Crippen LogP) is 2.52. The van der Waals surface area contributed by atoms with E-state index in [1.165, 1.54) is 76.4 Å². The van der Waals surface area contributed by atoms with Gasteiger partial charge in [-0.05, 0) is 30.3 Å². The molecule has 0 radical (unpaired) electrons. The summed E-state index contributed by atoms with van der Waals surface area (Å²) in [4.78, 5) is 15.5. The van der Waals surface area contributed by atoms with Crippen LogP contribution in [0.5, 0.6) is 0 Å². The smallest absolute Gasteiger partial charge is 0.164 e. The molecule has 8 aromatic carbocycles. The van der Waals surface area contributed by atoms with Crippen LogP contribution in [-0.2, 0) is 0 Å². The zero-order valence-electron chi connectivity index (χ0n) is 36.1. The molecular weight excluding hydrogens is 763 g/mol. The van der Waals surface area contributed by atoms with Crippen LogP contribution < -0.4 is 32.8 Å². The molecule has 12 heteroatoms. The lowest BCUT2D eigenvalue weighted by atomic mass is 9.74. The van der Waals surface area contributed by atoms with Gasteiger partial charge in [0.25, 0.3) is 0 Å². The van der Waals surface area contributed by atoms with Crippen molar-refractivity contribution < 1.29 is 4.42 Å². The SMILES string of the molecule is Bc1cc(B)c2c(c1)c1c(B)c(B)c3c4cc(B)cc(B)c4n(-c4cccc5oc6cccc(-c7nc(-c8ccccc8)nc(-c8ccccc8)n7)c6c45)c3c1n2-c1ccccc1. The van der Waals surface area contributed by atoms with Gasteiger partial charge >= 0.3 is 0 Å². The Morgan fingerprint density at radius 2 is 0.873 bits per heavy atom. The predicted molar refractivity (Wildman–Crippen MR) is 281 cm³/mol. The topological polar surface area (TPSA) is 61.7 Å². The highest BCUT2D eigenvalue weighted by atomic mass is 16.3. The molecule has 0 saturated carbocycles. The molecular formula is C51H37B6N5O. The molecule has 0 atom stereocenters. The standard InChI is InChI=1S/C51H37B6N5O/c52-28-22-32-40-43(56)44(57)41-33-23-29(53)25-35(55)46(33)62(48(41)47(40)61(45(32)34(54)24-28)30-16-8-3-9-17-30)36-19-11-21-38-42(36)39-31(18-10-20-37(39)63-38)51-59-49(26-12-4-1-5-13-26)58-50(60-51)27-14-6-2-7-15-27/h1-25H,52-57H2. The zero-order chi connectivity index (χ0) is 42.7. The Bertz CT molecular complexity index is 3810. The number of furan rings is 1. The third-order valence-corrected chi connectivity index (χ3v) is 13.0. The van der Waals surface area contributed by atoms with E-state index < -0.39 is 0 Å². The Kier molecular flexibility index (Phi) is 8.32. The fraction of sp³-hybridized carbons (Fsp3) is 0. The summed E-state index contributed by atoms with van der Waals surface area (Å²) < 4.78 is 11.9. The van der Waals surface area contributed by atoms with Crippen molar-refractivity contribution in [3.8, 4) is 45.5 Å². The van der Waals surface area contributed by atoms with Crippen LogP contribution >= 0.6 is 0 Å². The van der Waals surface area contributed by atoms with Gasteiger partial charge in [-0.25, -0.2) is 15.0 Å². The molecule has 0 spiro atoms. The summed E-state index contributed by atoms with van der Waals surface area (Å²) in [5.74, 6) is 1.82. The second-order valence-electron chi connectivity index (χ2n) is 17.1. The van der Waals surface area contributed by atoms with Gasteiger partial charge in [-0.15, -0.1) is 0 Å². The number of fused-ring (bicyclic) bond motifs is 10. The van der Waals surface area contributed by atoms with Crippen molar-refractivity contribution in [2.24, 2.45) is 0 Å². The second kappa shape index (κ2) is 14.0. The summed E-state index contributed by atoms with van der Waals surface area (Å²) in [5, 5.41) is 7.02. The molecule has 12 aromatic rings. The Labute approximate surface area is 369 Å². The summed E-state index contributed by atoms with van der Waals surface area (Å²) in [6.45, 7) is 0. The number of nitrogens with zero attached hydrogens (tertiary/aromatic N) is 5. The Balaban J connectivity index is 1.27. The molecule has 0 aliphatic heterocycles. The lowest BCUT2D eigenvalue weighted by molar-refractivity contribution is 0.669. The Hall–Kier alpha value is -7.44. The zero-order valence-corrected chi connectivity index (χ0v) is 36.1. The Morgan fingerprint density at radius 1 is 0.397 bits per heavy atom. The van der Waals surface area contributed by atoms with E-state index in [0.29, 0.717) is 17.5 Å². The molecule has 63 heavy (non-hydrogen) atoms. The molecule has 12 rings (SSSR count). The van der Waals surface area contributed by atoms with Crippen LogP contribution in [0.25, 0.3) is 111 Å². The van der Waals surface area contributed by atoms with Crippen LogP contribution in [0.2, 0.25) is 0 Å². The molecule has 0 unspecified atom stereocenters. The van der Waals surface area contributed by atoms with Gasteiger partial charge in [0.1, 0.15) is 58.2 Å². The summed E-state index contributed by atoms with van der Waals surface area (Å²) in [6.07, 6.45) is 0. The van der Waals surface area contributed by atoms with Gasteiger partial charge in [0, 0.05) is 60.3 Å². The first kappa shape index (κ1) is 37.3. The number of rotatable bonds is 5. The number of hydrogen-bond acceptors (Lipinski definition) is 4. The molecule has 0 bridgehead atoms. The first-order chi connectivity index (χ1) is 30.7. The maximum Gasteiger partial charge on any atom is 0.164 e. The van der Waals surface area contributed by atoms with Gasteiger partial charge < -0.3 is 13.6 Å². The fourth-order valence-corrected chi connectivity index (χ4v) is 10.4. The number of aromatic nitrogens is 5. The van der Waals surface area contributed by atoms with Gasteiger partial charge in [-0.1, -0.05) is 154 Å². The van der Waals surface area contributed by atoms with Crippen LogP contribution in [0, 0.1) is 0 Å². The molecule has 0 fully saturated rings.